The highest BCUT2D eigenvalue weighted by molar-refractivity contribution is 7.29. The van der Waals surface area contributed by atoms with Crippen LogP contribution in [0.2, 0.25) is 0 Å². The number of hydrogen-bond donors (Lipinski definition) is 2. The second-order valence-corrected chi connectivity index (χ2v) is 7.04. The fourth-order valence-corrected chi connectivity index (χ4v) is 4.37. The Bertz CT molecular complexity index is 656. The number of fused-ring (bicyclic) bond motifs is 1. The maximum Gasteiger partial charge on any atom is 0.325 e. The number of amides is 1. The Morgan fingerprint density at radius 3 is 2.71 bits per heavy atom. The number of nitrogens with zero attached hydrogens (tertiary/aromatic N) is 2. The van der Waals surface area contributed by atoms with Gasteiger partial charge in [-0.15, -0.1) is 11.3 Å². The average molecular weight is 325 g/mol. The lowest BCUT2D eigenvalue weighted by atomic mass is 10.3. The van der Waals surface area contributed by atoms with Crippen LogP contribution < -0.4 is 10.2 Å². The predicted octanol–water partition coefficient (Wildman–Crippen LogP) is 2.16. The minimum absolute atomic E-state index is 0.358. The minimum Gasteiger partial charge on any atom is -0.480 e. The van der Waals surface area contributed by atoms with Gasteiger partial charge in [0.05, 0.1) is 9.58 Å². The standard InChI is InChI=1S/C13H15N3O3S2/c1-7(12(18)19)14-10(17)8-6-9-11(20-8)15-13(21-9)16-4-2-3-5-16/h6-7H,2-5H2,1H3,(H,14,17)(H,18,19). The van der Waals surface area contributed by atoms with Gasteiger partial charge in [-0.05, 0) is 25.8 Å². The fourth-order valence-electron chi connectivity index (χ4n) is 2.21. The minimum atomic E-state index is -1.05. The molecule has 1 aliphatic rings. The number of carbonyl (C=O) groups excluding carboxylic acids is 1. The van der Waals surface area contributed by atoms with Crippen molar-refractivity contribution in [2.75, 3.05) is 18.0 Å². The highest BCUT2D eigenvalue weighted by Gasteiger charge is 2.21. The van der Waals surface area contributed by atoms with Crippen molar-refractivity contribution in [3.05, 3.63) is 10.9 Å². The lowest BCUT2D eigenvalue weighted by Gasteiger charge is -2.11. The summed E-state index contributed by atoms with van der Waals surface area (Å²) in [5.41, 5.74) is 0. The van der Waals surface area contributed by atoms with E-state index in [-0.39, 0.29) is 5.91 Å². The summed E-state index contributed by atoms with van der Waals surface area (Å²) in [6.07, 6.45) is 2.40. The molecular weight excluding hydrogens is 310 g/mol. The monoisotopic (exact) mass is 325 g/mol. The van der Waals surface area contributed by atoms with Gasteiger partial charge in [0.2, 0.25) is 0 Å². The number of rotatable bonds is 4. The third-order valence-corrected chi connectivity index (χ3v) is 5.62. The number of anilines is 1. The summed E-state index contributed by atoms with van der Waals surface area (Å²) < 4.78 is 0.982. The van der Waals surface area contributed by atoms with Crippen LogP contribution in [-0.2, 0) is 4.79 Å². The third-order valence-electron chi connectivity index (χ3n) is 3.40. The van der Waals surface area contributed by atoms with Crippen LogP contribution in [0, 0.1) is 0 Å². The normalized spacial score (nSPS) is 16.3. The van der Waals surface area contributed by atoms with Gasteiger partial charge in [0.25, 0.3) is 5.91 Å². The molecule has 1 aliphatic heterocycles. The number of carboxylic acid groups (broad SMARTS) is 1. The van der Waals surface area contributed by atoms with Crippen LogP contribution in [0.1, 0.15) is 29.4 Å². The first-order valence-corrected chi connectivity index (χ1v) is 8.37. The smallest absolute Gasteiger partial charge is 0.325 e. The molecule has 3 rings (SSSR count). The molecule has 2 aromatic heterocycles. The Morgan fingerprint density at radius 2 is 2.10 bits per heavy atom. The SMILES string of the molecule is CC(NC(=O)c1cc2sc(N3CCCC3)nc2s1)C(=O)O. The van der Waals surface area contributed by atoms with Crippen LogP contribution in [0.4, 0.5) is 5.13 Å². The molecule has 3 heterocycles. The highest BCUT2D eigenvalue weighted by atomic mass is 32.1. The largest absolute Gasteiger partial charge is 0.480 e. The first-order valence-electron chi connectivity index (χ1n) is 6.73. The van der Waals surface area contributed by atoms with E-state index in [0.29, 0.717) is 4.88 Å². The van der Waals surface area contributed by atoms with Crippen molar-refractivity contribution in [2.45, 2.75) is 25.8 Å². The molecule has 0 saturated carbocycles. The Morgan fingerprint density at radius 1 is 1.38 bits per heavy atom. The summed E-state index contributed by atoms with van der Waals surface area (Å²) in [5.74, 6) is -1.40. The zero-order valence-electron chi connectivity index (χ0n) is 11.5. The van der Waals surface area contributed by atoms with Gasteiger partial charge >= 0.3 is 5.97 Å². The van der Waals surface area contributed by atoms with E-state index in [1.165, 1.54) is 31.1 Å². The van der Waals surface area contributed by atoms with E-state index in [1.807, 2.05) is 0 Å². The lowest BCUT2D eigenvalue weighted by molar-refractivity contribution is -0.138. The lowest BCUT2D eigenvalue weighted by Crippen LogP contribution is -2.37. The van der Waals surface area contributed by atoms with Gasteiger partial charge in [0.1, 0.15) is 10.9 Å². The van der Waals surface area contributed by atoms with Crippen molar-refractivity contribution in [2.24, 2.45) is 0 Å². The van der Waals surface area contributed by atoms with Crippen molar-refractivity contribution in [1.82, 2.24) is 10.3 Å². The van der Waals surface area contributed by atoms with Gasteiger partial charge in [0.15, 0.2) is 5.13 Å². The van der Waals surface area contributed by atoms with E-state index in [2.05, 4.69) is 15.2 Å². The molecule has 8 heteroatoms. The van der Waals surface area contributed by atoms with Crippen LogP contribution in [0.15, 0.2) is 6.07 Å². The highest BCUT2D eigenvalue weighted by Crippen LogP contribution is 2.35. The number of hydrogen-bond acceptors (Lipinski definition) is 6. The van der Waals surface area contributed by atoms with Crippen LogP contribution in [-0.4, -0.2) is 41.1 Å². The van der Waals surface area contributed by atoms with E-state index in [1.54, 1.807) is 17.4 Å². The molecule has 1 amide bonds. The maximum atomic E-state index is 12.0. The third kappa shape index (κ3) is 2.86. The number of nitrogens with one attached hydrogen (secondary N) is 1. The zero-order chi connectivity index (χ0) is 15.0. The summed E-state index contributed by atoms with van der Waals surface area (Å²) in [5, 5.41) is 12.3. The molecular formula is C13H15N3O3S2. The van der Waals surface area contributed by atoms with Gasteiger partial charge in [0, 0.05) is 13.1 Å². The van der Waals surface area contributed by atoms with Crippen LogP contribution in [0.3, 0.4) is 0 Å². The van der Waals surface area contributed by atoms with Crippen LogP contribution in [0.25, 0.3) is 9.53 Å². The number of aliphatic carboxylic acids is 1. The van der Waals surface area contributed by atoms with Crippen molar-refractivity contribution >= 4 is 49.2 Å². The molecule has 2 N–H and O–H groups in total. The molecule has 6 nitrogen and oxygen atoms in total. The fraction of sp³-hybridized carbons (Fsp3) is 0.462. The number of aromatic nitrogens is 1. The van der Waals surface area contributed by atoms with Crippen molar-refractivity contribution in [3.8, 4) is 0 Å². The zero-order valence-corrected chi connectivity index (χ0v) is 13.1. The van der Waals surface area contributed by atoms with Gasteiger partial charge < -0.3 is 15.3 Å². The van der Waals surface area contributed by atoms with Gasteiger partial charge in [-0.3, -0.25) is 9.59 Å². The van der Waals surface area contributed by atoms with Gasteiger partial charge in [-0.25, -0.2) is 4.98 Å². The molecule has 112 valence electrons. The Hall–Kier alpha value is -1.67. The molecule has 2 aromatic rings. The maximum absolute atomic E-state index is 12.0. The van der Waals surface area contributed by atoms with Gasteiger partial charge in [-0.2, -0.15) is 0 Å². The average Bonchev–Trinajstić information content (AvgIpc) is 3.12. The quantitative estimate of drug-likeness (QED) is 0.900. The molecule has 0 spiro atoms. The first kappa shape index (κ1) is 14.3. The number of thiazole rings is 1. The molecule has 1 atom stereocenters. The number of carboxylic acids is 1. The van der Waals surface area contributed by atoms with E-state index >= 15 is 0 Å². The van der Waals surface area contributed by atoms with Crippen molar-refractivity contribution in [1.29, 1.82) is 0 Å². The number of thiophene rings is 1. The number of carbonyl (C=O) groups is 2. The summed E-state index contributed by atoms with van der Waals surface area (Å²) in [6, 6.07) is 0.895. The summed E-state index contributed by atoms with van der Waals surface area (Å²) in [6.45, 7) is 3.54. The van der Waals surface area contributed by atoms with E-state index in [4.69, 9.17) is 5.11 Å². The van der Waals surface area contributed by atoms with Crippen molar-refractivity contribution in [3.63, 3.8) is 0 Å². The molecule has 1 unspecified atom stereocenters. The Labute approximate surface area is 129 Å². The second kappa shape index (κ2) is 5.61. The summed E-state index contributed by atoms with van der Waals surface area (Å²) >= 11 is 2.89. The van der Waals surface area contributed by atoms with Crippen molar-refractivity contribution < 1.29 is 14.7 Å². The molecule has 0 aromatic carbocycles. The molecule has 0 aliphatic carbocycles. The van der Waals surface area contributed by atoms with E-state index < -0.39 is 12.0 Å². The second-order valence-electron chi connectivity index (χ2n) is 5.00. The van der Waals surface area contributed by atoms with E-state index in [9.17, 15) is 9.59 Å². The first-order chi connectivity index (χ1) is 10.0. The van der Waals surface area contributed by atoms with Crippen LogP contribution >= 0.6 is 22.7 Å². The molecule has 21 heavy (non-hydrogen) atoms. The molecule has 1 saturated heterocycles. The molecule has 0 radical (unpaired) electrons. The Balaban J connectivity index is 1.77. The van der Waals surface area contributed by atoms with Gasteiger partial charge in [-0.1, -0.05) is 11.3 Å². The van der Waals surface area contributed by atoms with E-state index in [0.717, 1.165) is 27.8 Å². The Kier molecular flexibility index (Phi) is 3.81. The molecule has 1 fully saturated rings. The summed E-state index contributed by atoms with van der Waals surface area (Å²) in [7, 11) is 0. The van der Waals surface area contributed by atoms with Crippen LogP contribution in [0.5, 0.6) is 0 Å². The summed E-state index contributed by atoms with van der Waals surface area (Å²) in [4.78, 5) is 30.9. The predicted molar refractivity (Wildman–Crippen MR) is 83.5 cm³/mol. The molecule has 0 bridgehead atoms. The topological polar surface area (TPSA) is 82.5 Å².